The average Bonchev–Trinajstić information content (AvgIpc) is 3.20. The third-order valence-corrected chi connectivity index (χ3v) is 4.69. The van der Waals surface area contributed by atoms with Crippen LogP contribution in [0, 0.1) is 0 Å². The summed E-state index contributed by atoms with van der Waals surface area (Å²) in [5.41, 5.74) is 9.97. The molecule has 0 spiro atoms. The number of aromatic nitrogens is 4. The summed E-state index contributed by atoms with van der Waals surface area (Å²) in [6.45, 7) is 1.55. The van der Waals surface area contributed by atoms with Gasteiger partial charge in [-0.1, -0.05) is 7.43 Å². The predicted octanol–water partition coefficient (Wildman–Crippen LogP) is -1.62. The number of nitrogen functional groups attached to an aromatic ring is 1. The van der Waals surface area contributed by atoms with Crippen LogP contribution in [0.2, 0.25) is 0 Å². The van der Waals surface area contributed by atoms with E-state index in [0.29, 0.717) is 13.0 Å². The molecule has 0 aliphatic carbocycles. The number of ketones is 1. The standard InChI is InChI=1S/C10H14N5O8P.C5H11NO.CH4/c11-10-13-7-4(8(18)14-10)12-2-15(7)9-6(17)5(16)3(23-9)1-22-24(19,20)21;1-5(7)3-2-4-6;/h2-3,5-6,9,16-17H,1H2,(H2,19,20,21)(H3,11,13,14,18);2-4,6H2,1H3;1H4/t3-,5?,6+,9-;;/m1../s1. The molecular weight excluding hydrogens is 451 g/mol. The first-order valence-electron chi connectivity index (χ1n) is 9.08. The highest BCUT2D eigenvalue weighted by atomic mass is 31.2. The van der Waals surface area contributed by atoms with Crippen LogP contribution in [0.3, 0.4) is 0 Å². The maximum absolute atomic E-state index is 11.7. The van der Waals surface area contributed by atoms with Crippen LogP contribution in [0.25, 0.3) is 11.2 Å². The van der Waals surface area contributed by atoms with Gasteiger partial charge in [-0.05, 0) is 19.9 Å². The summed E-state index contributed by atoms with van der Waals surface area (Å²) in [6.07, 6.45) is -2.75. The number of aliphatic hydroxyl groups is 2. The SMILES string of the molecule is C.CC(=O)CCCN.Nc1nc2c(ncn2[C@@H]2O[C@H](COP(=O)(O)O)C(O)[C@@H]2O)c(=O)[nH]1. The summed E-state index contributed by atoms with van der Waals surface area (Å²) in [5.74, 6) is 0.0501. The number of ether oxygens (including phenoxy) is 1. The molecule has 0 radical (unpaired) electrons. The molecule has 3 rings (SSSR count). The number of phosphoric acid groups is 1. The van der Waals surface area contributed by atoms with E-state index in [0.717, 1.165) is 6.42 Å². The third-order valence-electron chi connectivity index (χ3n) is 4.20. The highest BCUT2D eigenvalue weighted by Gasteiger charge is 2.45. The summed E-state index contributed by atoms with van der Waals surface area (Å²) in [7, 11) is -4.76. The van der Waals surface area contributed by atoms with Crippen LogP contribution in [0.5, 0.6) is 0 Å². The van der Waals surface area contributed by atoms with E-state index in [9.17, 15) is 24.4 Å². The summed E-state index contributed by atoms with van der Waals surface area (Å²) in [5, 5.41) is 20.1. The van der Waals surface area contributed by atoms with Gasteiger partial charge in [-0.15, -0.1) is 0 Å². The fourth-order valence-corrected chi connectivity index (χ4v) is 3.09. The Morgan fingerprint density at radius 1 is 1.38 bits per heavy atom. The molecule has 4 atom stereocenters. The molecule has 0 aromatic carbocycles. The number of aromatic amines is 1. The number of rotatable bonds is 7. The molecule has 0 amide bonds. The minimum Gasteiger partial charge on any atom is -0.387 e. The number of aliphatic hydroxyl groups excluding tert-OH is 2. The van der Waals surface area contributed by atoms with Crippen molar-refractivity contribution in [2.45, 2.75) is 51.7 Å². The van der Waals surface area contributed by atoms with Crippen LogP contribution in [0.4, 0.5) is 5.95 Å². The molecule has 1 aliphatic heterocycles. The van der Waals surface area contributed by atoms with Gasteiger partial charge in [-0.3, -0.25) is 18.9 Å². The van der Waals surface area contributed by atoms with E-state index in [4.69, 9.17) is 26.0 Å². The van der Waals surface area contributed by atoms with Crippen molar-refractivity contribution in [3.8, 4) is 0 Å². The lowest BCUT2D eigenvalue weighted by molar-refractivity contribution is -0.117. The van der Waals surface area contributed by atoms with Gasteiger partial charge in [0, 0.05) is 6.42 Å². The summed E-state index contributed by atoms with van der Waals surface area (Å²) in [4.78, 5) is 49.3. The molecule has 182 valence electrons. The first kappa shape index (κ1) is 27.8. The number of nitrogens with zero attached hydrogens (tertiary/aromatic N) is 3. The molecule has 1 aliphatic rings. The second kappa shape index (κ2) is 11.6. The molecule has 1 unspecified atom stereocenters. The van der Waals surface area contributed by atoms with E-state index in [2.05, 4.69) is 19.5 Å². The van der Waals surface area contributed by atoms with Crippen LogP contribution < -0.4 is 17.0 Å². The fourth-order valence-electron chi connectivity index (χ4n) is 2.75. The van der Waals surface area contributed by atoms with E-state index < -0.39 is 44.5 Å². The lowest BCUT2D eigenvalue weighted by Crippen LogP contribution is -2.33. The van der Waals surface area contributed by atoms with Crippen molar-refractivity contribution in [1.29, 1.82) is 0 Å². The molecular formula is C16H29N6O9P. The molecule has 0 saturated carbocycles. The molecule has 1 saturated heterocycles. The van der Waals surface area contributed by atoms with Crippen LogP contribution in [0.15, 0.2) is 11.1 Å². The number of carbonyl (C=O) groups excluding carboxylic acids is 1. The number of H-pyrrole nitrogens is 1. The molecule has 1 fully saturated rings. The average molecular weight is 480 g/mol. The first-order chi connectivity index (χ1) is 14.4. The Labute approximate surface area is 182 Å². The molecule has 32 heavy (non-hydrogen) atoms. The van der Waals surface area contributed by atoms with Gasteiger partial charge >= 0.3 is 7.82 Å². The predicted molar refractivity (Wildman–Crippen MR) is 112 cm³/mol. The number of anilines is 1. The Morgan fingerprint density at radius 3 is 2.56 bits per heavy atom. The summed E-state index contributed by atoms with van der Waals surface area (Å²) in [6, 6.07) is 0. The number of carbonyl (C=O) groups is 1. The normalized spacial score (nSPS) is 22.8. The van der Waals surface area contributed by atoms with Crippen molar-refractivity contribution in [1.82, 2.24) is 19.5 Å². The first-order valence-corrected chi connectivity index (χ1v) is 10.6. The Hall–Kier alpha value is -2.23. The number of imidazole rings is 1. The van der Waals surface area contributed by atoms with Gasteiger partial charge in [0.05, 0.1) is 12.9 Å². The highest BCUT2D eigenvalue weighted by Crippen LogP contribution is 2.38. The molecule has 2 aromatic heterocycles. The van der Waals surface area contributed by atoms with Crippen molar-refractivity contribution in [3.63, 3.8) is 0 Å². The second-order valence-corrected chi connectivity index (χ2v) is 7.94. The van der Waals surface area contributed by atoms with Crippen molar-refractivity contribution >= 4 is 30.7 Å². The van der Waals surface area contributed by atoms with Gasteiger partial charge in [-0.25, -0.2) is 9.55 Å². The van der Waals surface area contributed by atoms with Crippen LogP contribution >= 0.6 is 7.82 Å². The molecule has 0 bridgehead atoms. The van der Waals surface area contributed by atoms with Gasteiger partial charge in [0.1, 0.15) is 24.1 Å². The Bertz CT molecular complexity index is 1010. The van der Waals surface area contributed by atoms with E-state index in [-0.39, 0.29) is 30.3 Å². The molecule has 15 nitrogen and oxygen atoms in total. The number of nitrogens with one attached hydrogen (secondary N) is 1. The van der Waals surface area contributed by atoms with Crippen LogP contribution in [-0.4, -0.2) is 76.8 Å². The number of fused-ring (bicyclic) bond motifs is 1. The third kappa shape index (κ3) is 7.15. The second-order valence-electron chi connectivity index (χ2n) is 6.70. The number of phosphoric ester groups is 1. The van der Waals surface area contributed by atoms with Gasteiger partial charge in [0.15, 0.2) is 17.4 Å². The number of nitrogens with two attached hydrogens (primary N) is 2. The van der Waals surface area contributed by atoms with E-state index >= 15 is 0 Å². The Morgan fingerprint density at radius 2 is 2.03 bits per heavy atom. The zero-order valence-corrected chi connectivity index (χ0v) is 17.4. The van der Waals surface area contributed by atoms with E-state index in [1.165, 1.54) is 10.9 Å². The van der Waals surface area contributed by atoms with E-state index in [1.807, 2.05) is 0 Å². The van der Waals surface area contributed by atoms with Crippen molar-refractivity contribution in [2.24, 2.45) is 5.73 Å². The van der Waals surface area contributed by atoms with E-state index in [1.54, 1.807) is 6.92 Å². The van der Waals surface area contributed by atoms with Crippen molar-refractivity contribution in [2.75, 3.05) is 18.9 Å². The van der Waals surface area contributed by atoms with Crippen LogP contribution in [0.1, 0.15) is 33.4 Å². The lowest BCUT2D eigenvalue weighted by atomic mass is 10.1. The minimum absolute atomic E-state index is 0. The lowest BCUT2D eigenvalue weighted by Gasteiger charge is -2.16. The van der Waals surface area contributed by atoms with Gasteiger partial charge in [0.25, 0.3) is 5.56 Å². The zero-order valence-electron chi connectivity index (χ0n) is 16.5. The maximum Gasteiger partial charge on any atom is 0.469 e. The highest BCUT2D eigenvalue weighted by molar-refractivity contribution is 7.46. The van der Waals surface area contributed by atoms with Gasteiger partial charge in [0.2, 0.25) is 5.95 Å². The smallest absolute Gasteiger partial charge is 0.387 e. The quantitative estimate of drug-likeness (QED) is 0.220. The number of Topliss-reactive ketones (excluding diaryl/α,β-unsaturated/α-hetero) is 1. The summed E-state index contributed by atoms with van der Waals surface area (Å²) >= 11 is 0. The largest absolute Gasteiger partial charge is 0.469 e. The van der Waals surface area contributed by atoms with Crippen LogP contribution in [-0.2, 0) is 18.6 Å². The van der Waals surface area contributed by atoms with Gasteiger partial charge < -0.3 is 41.0 Å². The van der Waals surface area contributed by atoms with Gasteiger partial charge in [-0.2, -0.15) is 4.98 Å². The molecule has 16 heteroatoms. The molecule has 9 N–H and O–H groups in total. The monoisotopic (exact) mass is 480 g/mol. The number of hydrogen-bond acceptors (Lipinski definition) is 11. The Balaban J connectivity index is 0.000000558. The topological polar surface area (TPSA) is 249 Å². The number of hydrogen-bond donors (Lipinski definition) is 7. The fraction of sp³-hybridized carbons (Fsp3) is 0.625. The molecule has 3 heterocycles. The summed E-state index contributed by atoms with van der Waals surface area (Å²) < 4.78 is 21.6. The maximum atomic E-state index is 11.7. The zero-order chi connectivity index (χ0) is 23.3. The molecule has 2 aromatic rings. The van der Waals surface area contributed by atoms with Crippen molar-refractivity contribution < 1.29 is 38.6 Å². The van der Waals surface area contributed by atoms with Crippen molar-refractivity contribution in [3.05, 3.63) is 16.7 Å². The minimum atomic E-state index is -4.76. The Kier molecular flexibility index (Phi) is 10.1.